The smallest absolute Gasteiger partial charge is 0.333 e. The quantitative estimate of drug-likeness (QED) is 0.308. The van der Waals surface area contributed by atoms with Crippen molar-refractivity contribution in [2.75, 3.05) is 26.4 Å². The van der Waals surface area contributed by atoms with Gasteiger partial charge in [0.05, 0.1) is 13.2 Å². The van der Waals surface area contributed by atoms with Crippen LogP contribution in [0.1, 0.15) is 46.0 Å². The Morgan fingerprint density at radius 3 is 2.35 bits per heavy atom. The number of para-hydroxylation sites is 1. The number of hydrogen-bond acceptors (Lipinski definition) is 5. The van der Waals surface area contributed by atoms with Crippen molar-refractivity contribution in [3.8, 4) is 5.75 Å². The molecule has 0 radical (unpaired) electrons. The summed E-state index contributed by atoms with van der Waals surface area (Å²) in [5.74, 6) is 0.414. The van der Waals surface area contributed by atoms with Crippen LogP contribution in [0.15, 0.2) is 42.5 Å². The van der Waals surface area contributed by atoms with Gasteiger partial charge >= 0.3 is 5.97 Å². The maximum absolute atomic E-state index is 11.4. The standard InChI is InChI=1S/C21H32O5/c1-4-21(23,17-26-20(22)18(2)3)16-24-14-10-5-6-11-15-25-19-12-8-7-9-13-19/h7-9,12-13,23H,2,4-6,10-11,14-17H2,1,3H3. The van der Waals surface area contributed by atoms with E-state index < -0.39 is 11.6 Å². The fourth-order valence-corrected chi connectivity index (χ4v) is 2.20. The average molecular weight is 364 g/mol. The van der Waals surface area contributed by atoms with Crippen molar-refractivity contribution in [1.82, 2.24) is 0 Å². The van der Waals surface area contributed by atoms with Gasteiger partial charge in [-0.1, -0.05) is 38.1 Å². The molecule has 5 nitrogen and oxygen atoms in total. The summed E-state index contributed by atoms with van der Waals surface area (Å²) in [6.07, 6.45) is 4.51. The molecule has 0 heterocycles. The largest absolute Gasteiger partial charge is 0.494 e. The van der Waals surface area contributed by atoms with E-state index in [1.54, 1.807) is 6.92 Å². The SMILES string of the molecule is C=C(C)C(=O)OCC(O)(CC)COCCCCCCOc1ccccc1. The Kier molecular flexibility index (Phi) is 10.7. The lowest BCUT2D eigenvalue weighted by Crippen LogP contribution is -2.40. The van der Waals surface area contributed by atoms with Crippen LogP contribution in [-0.4, -0.2) is 43.1 Å². The molecule has 0 amide bonds. The predicted octanol–water partition coefficient (Wildman–Crippen LogP) is 3.90. The third kappa shape index (κ3) is 9.59. The van der Waals surface area contributed by atoms with Crippen LogP contribution in [0.5, 0.6) is 5.75 Å². The first-order valence-electron chi connectivity index (χ1n) is 9.27. The summed E-state index contributed by atoms with van der Waals surface area (Å²) in [5.41, 5.74) is -0.824. The van der Waals surface area contributed by atoms with Gasteiger partial charge in [-0.25, -0.2) is 4.79 Å². The lowest BCUT2D eigenvalue weighted by molar-refractivity contribution is -0.151. The highest BCUT2D eigenvalue weighted by atomic mass is 16.6. The molecule has 0 aliphatic heterocycles. The van der Waals surface area contributed by atoms with Gasteiger partial charge in [-0.05, 0) is 44.7 Å². The molecule has 0 aromatic heterocycles. The van der Waals surface area contributed by atoms with E-state index in [2.05, 4.69) is 6.58 Å². The van der Waals surface area contributed by atoms with Crippen LogP contribution < -0.4 is 4.74 Å². The number of ether oxygens (including phenoxy) is 3. The number of unbranched alkanes of at least 4 members (excludes halogenated alkanes) is 3. The molecule has 0 saturated carbocycles. The molecule has 0 aliphatic rings. The summed E-state index contributed by atoms with van der Waals surface area (Å²) >= 11 is 0. The summed E-state index contributed by atoms with van der Waals surface area (Å²) < 4.78 is 16.2. The van der Waals surface area contributed by atoms with Crippen molar-refractivity contribution in [3.63, 3.8) is 0 Å². The van der Waals surface area contributed by atoms with Gasteiger partial charge in [-0.3, -0.25) is 0 Å². The number of hydrogen-bond donors (Lipinski definition) is 1. The van der Waals surface area contributed by atoms with Gasteiger partial charge in [0.25, 0.3) is 0 Å². The van der Waals surface area contributed by atoms with Crippen LogP contribution in [0.25, 0.3) is 0 Å². The van der Waals surface area contributed by atoms with Gasteiger partial charge < -0.3 is 19.3 Å². The number of carbonyl (C=O) groups excluding carboxylic acids is 1. The van der Waals surface area contributed by atoms with Gasteiger partial charge in [-0.2, -0.15) is 0 Å². The average Bonchev–Trinajstić information content (AvgIpc) is 2.65. The Balaban J connectivity index is 2.04. The van der Waals surface area contributed by atoms with Gasteiger partial charge in [0.1, 0.15) is 18.0 Å². The molecule has 0 fully saturated rings. The third-order valence-corrected chi connectivity index (χ3v) is 4.04. The second-order valence-corrected chi connectivity index (χ2v) is 6.56. The number of benzene rings is 1. The minimum atomic E-state index is -1.14. The van der Waals surface area contributed by atoms with E-state index in [4.69, 9.17) is 14.2 Å². The lowest BCUT2D eigenvalue weighted by Gasteiger charge is -2.26. The van der Waals surface area contributed by atoms with E-state index in [1.165, 1.54) is 0 Å². The molecular weight excluding hydrogens is 332 g/mol. The van der Waals surface area contributed by atoms with Crippen molar-refractivity contribution < 1.29 is 24.1 Å². The van der Waals surface area contributed by atoms with Crippen LogP contribution in [0.2, 0.25) is 0 Å². The molecule has 1 aromatic carbocycles. The van der Waals surface area contributed by atoms with Crippen molar-refractivity contribution in [2.24, 2.45) is 0 Å². The van der Waals surface area contributed by atoms with Crippen molar-refractivity contribution in [3.05, 3.63) is 42.5 Å². The van der Waals surface area contributed by atoms with E-state index in [9.17, 15) is 9.90 Å². The fourth-order valence-electron chi connectivity index (χ4n) is 2.20. The molecule has 1 N–H and O–H groups in total. The normalized spacial score (nSPS) is 13.0. The van der Waals surface area contributed by atoms with E-state index in [0.717, 1.165) is 31.4 Å². The van der Waals surface area contributed by atoms with E-state index in [-0.39, 0.29) is 13.2 Å². The molecule has 146 valence electrons. The molecular formula is C21H32O5. The molecule has 1 atom stereocenters. The molecule has 0 spiro atoms. The highest BCUT2D eigenvalue weighted by molar-refractivity contribution is 5.86. The first-order valence-corrected chi connectivity index (χ1v) is 9.27. The lowest BCUT2D eigenvalue weighted by atomic mass is 10.0. The van der Waals surface area contributed by atoms with Crippen molar-refractivity contribution >= 4 is 5.97 Å². The Hall–Kier alpha value is -1.85. The summed E-state index contributed by atoms with van der Waals surface area (Å²) in [7, 11) is 0. The Bertz CT molecular complexity index is 528. The van der Waals surface area contributed by atoms with Crippen molar-refractivity contribution in [1.29, 1.82) is 0 Å². The molecule has 26 heavy (non-hydrogen) atoms. The van der Waals surface area contributed by atoms with Crippen LogP contribution in [0, 0.1) is 0 Å². The molecule has 0 saturated heterocycles. The maximum Gasteiger partial charge on any atom is 0.333 e. The van der Waals surface area contributed by atoms with Gasteiger partial charge in [0, 0.05) is 12.2 Å². The minimum absolute atomic E-state index is 0.0774. The highest BCUT2D eigenvalue weighted by Gasteiger charge is 2.27. The van der Waals surface area contributed by atoms with Crippen LogP contribution >= 0.6 is 0 Å². The molecule has 1 unspecified atom stereocenters. The van der Waals surface area contributed by atoms with E-state index >= 15 is 0 Å². The number of esters is 1. The second kappa shape index (κ2) is 12.5. The summed E-state index contributed by atoms with van der Waals surface area (Å²) in [6, 6.07) is 9.80. The van der Waals surface area contributed by atoms with Gasteiger partial charge in [-0.15, -0.1) is 0 Å². The maximum atomic E-state index is 11.4. The molecule has 0 aliphatic carbocycles. The van der Waals surface area contributed by atoms with Crippen LogP contribution in [0.3, 0.4) is 0 Å². The Morgan fingerprint density at radius 1 is 1.08 bits per heavy atom. The first kappa shape index (κ1) is 22.2. The number of rotatable bonds is 14. The Morgan fingerprint density at radius 2 is 1.73 bits per heavy atom. The predicted molar refractivity (Wildman–Crippen MR) is 102 cm³/mol. The Labute approximate surface area is 157 Å². The summed E-state index contributed by atoms with van der Waals surface area (Å²) in [4.78, 5) is 11.4. The van der Waals surface area contributed by atoms with Gasteiger partial charge in [0.2, 0.25) is 0 Å². The van der Waals surface area contributed by atoms with E-state index in [1.807, 2.05) is 37.3 Å². The third-order valence-electron chi connectivity index (χ3n) is 4.04. The fraction of sp³-hybridized carbons (Fsp3) is 0.571. The van der Waals surface area contributed by atoms with E-state index in [0.29, 0.717) is 25.2 Å². The number of carbonyl (C=O) groups is 1. The zero-order chi connectivity index (χ0) is 19.3. The zero-order valence-electron chi connectivity index (χ0n) is 16.0. The zero-order valence-corrected chi connectivity index (χ0v) is 16.0. The minimum Gasteiger partial charge on any atom is -0.494 e. The summed E-state index contributed by atoms with van der Waals surface area (Å²) in [6.45, 7) is 8.31. The van der Waals surface area contributed by atoms with Gasteiger partial charge in [0.15, 0.2) is 0 Å². The highest BCUT2D eigenvalue weighted by Crippen LogP contribution is 2.13. The topological polar surface area (TPSA) is 65.0 Å². The van der Waals surface area contributed by atoms with Crippen LogP contribution in [-0.2, 0) is 14.3 Å². The molecule has 1 rings (SSSR count). The molecule has 0 bridgehead atoms. The van der Waals surface area contributed by atoms with Crippen molar-refractivity contribution in [2.45, 2.75) is 51.6 Å². The van der Waals surface area contributed by atoms with Crippen LogP contribution in [0.4, 0.5) is 0 Å². The molecule has 1 aromatic rings. The number of aliphatic hydroxyl groups is 1. The monoisotopic (exact) mass is 364 g/mol. The molecule has 5 heteroatoms. The second-order valence-electron chi connectivity index (χ2n) is 6.56. The summed E-state index contributed by atoms with van der Waals surface area (Å²) in [5, 5.41) is 10.4. The first-order chi connectivity index (χ1) is 12.5.